The standard InChI is InChI=1S/C22H25N5O2/c1-27(2)18-8-6-17(7-9-18)25-22-24-15-13-20(26-22)21(28)23-14-12-16-4-10-19(29-3)11-5-16/h4-11,13,15H,12,14H2,1-3H3,(H,23,28)(H,24,25,26). The largest absolute Gasteiger partial charge is 0.497 e. The third-order valence-electron chi connectivity index (χ3n) is 4.39. The number of carbonyl (C=O) groups excluding carboxylic acids is 1. The molecule has 0 bridgehead atoms. The molecule has 2 N–H and O–H groups in total. The number of ether oxygens (including phenoxy) is 1. The highest BCUT2D eigenvalue weighted by atomic mass is 16.5. The zero-order valence-corrected chi connectivity index (χ0v) is 16.8. The van der Waals surface area contributed by atoms with Gasteiger partial charge < -0.3 is 20.3 Å². The van der Waals surface area contributed by atoms with Crippen LogP contribution in [0.5, 0.6) is 5.75 Å². The summed E-state index contributed by atoms with van der Waals surface area (Å²) in [5.41, 5.74) is 3.40. The summed E-state index contributed by atoms with van der Waals surface area (Å²) >= 11 is 0. The quantitative estimate of drug-likeness (QED) is 0.614. The second-order valence-corrected chi connectivity index (χ2v) is 6.69. The van der Waals surface area contributed by atoms with Gasteiger partial charge in [-0.15, -0.1) is 0 Å². The molecule has 3 rings (SSSR count). The van der Waals surface area contributed by atoms with Crippen molar-refractivity contribution in [1.82, 2.24) is 15.3 Å². The Bertz CT molecular complexity index is 940. The number of aromatic nitrogens is 2. The predicted molar refractivity (Wildman–Crippen MR) is 115 cm³/mol. The maximum absolute atomic E-state index is 12.4. The summed E-state index contributed by atoms with van der Waals surface area (Å²) in [6.45, 7) is 0.518. The van der Waals surface area contributed by atoms with E-state index >= 15 is 0 Å². The van der Waals surface area contributed by atoms with E-state index in [1.54, 1.807) is 19.4 Å². The van der Waals surface area contributed by atoms with Gasteiger partial charge in [-0.1, -0.05) is 12.1 Å². The summed E-state index contributed by atoms with van der Waals surface area (Å²) in [6, 6.07) is 17.3. The highest BCUT2D eigenvalue weighted by molar-refractivity contribution is 5.92. The van der Waals surface area contributed by atoms with Gasteiger partial charge in [0.1, 0.15) is 11.4 Å². The van der Waals surface area contributed by atoms with Gasteiger partial charge in [-0.2, -0.15) is 0 Å². The van der Waals surface area contributed by atoms with Gasteiger partial charge in [0.2, 0.25) is 5.95 Å². The van der Waals surface area contributed by atoms with Crippen molar-refractivity contribution < 1.29 is 9.53 Å². The number of anilines is 3. The molecular formula is C22H25N5O2. The van der Waals surface area contributed by atoms with Crippen LogP contribution in [0.1, 0.15) is 16.1 Å². The van der Waals surface area contributed by atoms with Gasteiger partial charge in [0.05, 0.1) is 7.11 Å². The molecule has 0 atom stereocenters. The molecule has 7 nitrogen and oxygen atoms in total. The number of methoxy groups -OCH3 is 1. The van der Waals surface area contributed by atoms with Gasteiger partial charge in [-0.3, -0.25) is 4.79 Å². The molecule has 0 aliphatic rings. The SMILES string of the molecule is COc1ccc(CCNC(=O)c2ccnc(Nc3ccc(N(C)C)cc3)n2)cc1. The summed E-state index contributed by atoms with van der Waals surface area (Å²) in [4.78, 5) is 22.9. The van der Waals surface area contributed by atoms with Crippen LogP contribution in [0.3, 0.4) is 0 Å². The van der Waals surface area contributed by atoms with Crippen molar-refractivity contribution in [3.63, 3.8) is 0 Å². The predicted octanol–water partition coefficient (Wildman–Crippen LogP) is 3.27. The number of rotatable bonds is 8. The van der Waals surface area contributed by atoms with E-state index in [-0.39, 0.29) is 5.91 Å². The number of carbonyl (C=O) groups is 1. The third kappa shape index (κ3) is 5.68. The zero-order chi connectivity index (χ0) is 20.6. The van der Waals surface area contributed by atoms with Crippen LogP contribution in [0.25, 0.3) is 0 Å². The second-order valence-electron chi connectivity index (χ2n) is 6.69. The van der Waals surface area contributed by atoms with Gasteiger partial charge in [0.15, 0.2) is 0 Å². The summed E-state index contributed by atoms with van der Waals surface area (Å²) in [6.07, 6.45) is 2.30. The monoisotopic (exact) mass is 391 g/mol. The van der Waals surface area contributed by atoms with Crippen LogP contribution in [-0.4, -0.2) is 43.6 Å². The molecule has 0 aliphatic carbocycles. The average Bonchev–Trinajstić information content (AvgIpc) is 2.75. The minimum absolute atomic E-state index is 0.230. The minimum atomic E-state index is -0.230. The van der Waals surface area contributed by atoms with Crippen LogP contribution >= 0.6 is 0 Å². The number of amides is 1. The molecule has 0 saturated heterocycles. The van der Waals surface area contributed by atoms with Gasteiger partial charge >= 0.3 is 0 Å². The van der Waals surface area contributed by atoms with E-state index < -0.39 is 0 Å². The van der Waals surface area contributed by atoms with Crippen molar-refractivity contribution in [2.45, 2.75) is 6.42 Å². The number of nitrogens with zero attached hydrogens (tertiary/aromatic N) is 3. The number of benzene rings is 2. The van der Waals surface area contributed by atoms with E-state index in [0.717, 1.165) is 29.1 Å². The van der Waals surface area contributed by atoms with Crippen LogP contribution in [0.4, 0.5) is 17.3 Å². The normalized spacial score (nSPS) is 10.3. The maximum atomic E-state index is 12.4. The molecule has 1 aromatic heterocycles. The van der Waals surface area contributed by atoms with Crippen molar-refractivity contribution in [3.8, 4) is 5.75 Å². The Labute approximate surface area is 170 Å². The molecule has 0 saturated carbocycles. The molecule has 150 valence electrons. The Kier molecular flexibility index (Phi) is 6.63. The van der Waals surface area contributed by atoms with E-state index in [2.05, 4.69) is 20.6 Å². The molecule has 0 radical (unpaired) electrons. The van der Waals surface area contributed by atoms with Crippen LogP contribution in [0, 0.1) is 0 Å². The number of nitrogens with one attached hydrogen (secondary N) is 2. The van der Waals surface area contributed by atoms with Crippen molar-refractivity contribution in [2.75, 3.05) is 38.0 Å². The highest BCUT2D eigenvalue weighted by Gasteiger charge is 2.09. The van der Waals surface area contributed by atoms with E-state index in [4.69, 9.17) is 4.74 Å². The Morgan fingerprint density at radius 1 is 1.03 bits per heavy atom. The molecule has 0 spiro atoms. The van der Waals surface area contributed by atoms with Crippen LogP contribution < -0.4 is 20.3 Å². The Hall–Kier alpha value is -3.61. The Balaban J connectivity index is 1.55. The highest BCUT2D eigenvalue weighted by Crippen LogP contribution is 2.18. The summed E-state index contributed by atoms with van der Waals surface area (Å²) in [5.74, 6) is 0.965. The first-order valence-electron chi connectivity index (χ1n) is 9.34. The lowest BCUT2D eigenvalue weighted by molar-refractivity contribution is 0.0949. The van der Waals surface area contributed by atoms with E-state index in [1.807, 2.05) is 67.5 Å². The minimum Gasteiger partial charge on any atom is -0.497 e. The lowest BCUT2D eigenvalue weighted by atomic mass is 10.1. The fourth-order valence-corrected chi connectivity index (χ4v) is 2.72. The second kappa shape index (κ2) is 9.54. The van der Waals surface area contributed by atoms with Gasteiger partial charge in [0, 0.05) is 38.2 Å². The molecule has 7 heteroatoms. The molecule has 1 heterocycles. The average molecular weight is 391 g/mol. The van der Waals surface area contributed by atoms with Crippen molar-refractivity contribution >= 4 is 23.2 Å². The lowest BCUT2D eigenvalue weighted by Crippen LogP contribution is -2.26. The molecule has 29 heavy (non-hydrogen) atoms. The molecule has 2 aromatic carbocycles. The Morgan fingerprint density at radius 3 is 2.41 bits per heavy atom. The molecular weight excluding hydrogens is 366 g/mol. The first kappa shape index (κ1) is 20.1. The van der Waals surface area contributed by atoms with Crippen LogP contribution in [-0.2, 0) is 6.42 Å². The van der Waals surface area contributed by atoms with Gasteiger partial charge in [0.25, 0.3) is 5.91 Å². The first-order valence-corrected chi connectivity index (χ1v) is 9.34. The molecule has 3 aromatic rings. The summed E-state index contributed by atoms with van der Waals surface area (Å²) in [5, 5.41) is 6.02. The fourth-order valence-electron chi connectivity index (χ4n) is 2.72. The van der Waals surface area contributed by atoms with Crippen LogP contribution in [0.2, 0.25) is 0 Å². The maximum Gasteiger partial charge on any atom is 0.270 e. The Morgan fingerprint density at radius 2 is 1.76 bits per heavy atom. The van der Waals surface area contributed by atoms with Crippen LogP contribution in [0.15, 0.2) is 60.8 Å². The lowest BCUT2D eigenvalue weighted by Gasteiger charge is -2.13. The number of hydrogen-bond acceptors (Lipinski definition) is 6. The summed E-state index contributed by atoms with van der Waals surface area (Å²) < 4.78 is 5.15. The molecule has 0 fully saturated rings. The zero-order valence-electron chi connectivity index (χ0n) is 16.8. The van der Waals surface area contributed by atoms with Crippen molar-refractivity contribution in [2.24, 2.45) is 0 Å². The molecule has 1 amide bonds. The summed E-state index contributed by atoms with van der Waals surface area (Å²) in [7, 11) is 5.61. The molecule has 0 aliphatic heterocycles. The van der Waals surface area contributed by atoms with E-state index in [9.17, 15) is 4.79 Å². The van der Waals surface area contributed by atoms with E-state index in [0.29, 0.717) is 18.2 Å². The number of hydrogen-bond donors (Lipinski definition) is 2. The fraction of sp³-hybridized carbons (Fsp3) is 0.227. The third-order valence-corrected chi connectivity index (χ3v) is 4.39. The van der Waals surface area contributed by atoms with Gasteiger partial charge in [-0.05, 0) is 54.4 Å². The smallest absolute Gasteiger partial charge is 0.270 e. The van der Waals surface area contributed by atoms with Gasteiger partial charge in [-0.25, -0.2) is 9.97 Å². The first-order chi connectivity index (χ1) is 14.0. The van der Waals surface area contributed by atoms with E-state index in [1.165, 1.54) is 0 Å². The van der Waals surface area contributed by atoms with Crippen molar-refractivity contribution in [1.29, 1.82) is 0 Å². The molecule has 0 unspecified atom stereocenters. The van der Waals surface area contributed by atoms with Crippen molar-refractivity contribution in [3.05, 3.63) is 72.1 Å². The topological polar surface area (TPSA) is 79.4 Å².